The minimum absolute atomic E-state index is 0.155. The summed E-state index contributed by atoms with van der Waals surface area (Å²) in [6, 6.07) is 14.6. The normalized spacial score (nSPS) is 10.4. The molecule has 0 aliphatic rings. The summed E-state index contributed by atoms with van der Waals surface area (Å²) < 4.78 is 0. The summed E-state index contributed by atoms with van der Waals surface area (Å²) in [5.41, 5.74) is 1.63. The Balaban J connectivity index is 1.70. The number of amides is 3. The standard InChI is InChI=1S/C24H22Cl2N4O3/c1-2-11-30(15-22(31)29-21-9-8-18(25)13-20(21)26)24(33)16-5-3-7-19(12-16)28-23(32)17-6-4-10-27-14-17/h3-10,12-14H,2,11,15H2,1H3,(H,28,32)(H,29,31). The van der Waals surface area contributed by atoms with Gasteiger partial charge in [-0.05, 0) is 55.0 Å². The van der Waals surface area contributed by atoms with E-state index in [-0.39, 0.29) is 24.3 Å². The van der Waals surface area contributed by atoms with Crippen LogP contribution in [0.1, 0.15) is 34.1 Å². The monoisotopic (exact) mass is 484 g/mol. The van der Waals surface area contributed by atoms with E-state index in [0.717, 1.165) is 0 Å². The molecule has 0 spiro atoms. The van der Waals surface area contributed by atoms with Gasteiger partial charge in [-0.25, -0.2) is 0 Å². The molecule has 170 valence electrons. The molecule has 0 radical (unpaired) electrons. The molecule has 3 rings (SSSR count). The van der Waals surface area contributed by atoms with E-state index in [4.69, 9.17) is 23.2 Å². The minimum Gasteiger partial charge on any atom is -0.329 e. The summed E-state index contributed by atoms with van der Waals surface area (Å²) in [7, 11) is 0. The molecule has 9 heteroatoms. The number of halogens is 2. The Labute approximate surface area is 201 Å². The zero-order valence-electron chi connectivity index (χ0n) is 17.8. The van der Waals surface area contributed by atoms with Crippen molar-refractivity contribution in [2.24, 2.45) is 0 Å². The van der Waals surface area contributed by atoms with Crippen molar-refractivity contribution in [2.75, 3.05) is 23.7 Å². The number of anilines is 2. The van der Waals surface area contributed by atoms with Crippen LogP contribution in [0.5, 0.6) is 0 Å². The van der Waals surface area contributed by atoms with E-state index in [1.807, 2.05) is 6.92 Å². The molecule has 0 bridgehead atoms. The molecular weight excluding hydrogens is 463 g/mol. The Morgan fingerprint density at radius 3 is 2.45 bits per heavy atom. The van der Waals surface area contributed by atoms with Gasteiger partial charge in [0.1, 0.15) is 6.54 Å². The maximum absolute atomic E-state index is 13.1. The maximum Gasteiger partial charge on any atom is 0.257 e. The van der Waals surface area contributed by atoms with Crippen LogP contribution in [-0.2, 0) is 4.79 Å². The Hall–Kier alpha value is -3.42. The quantitative estimate of drug-likeness (QED) is 0.463. The van der Waals surface area contributed by atoms with Crippen molar-refractivity contribution in [3.8, 4) is 0 Å². The van der Waals surface area contributed by atoms with Gasteiger partial charge >= 0.3 is 0 Å². The van der Waals surface area contributed by atoms with Gasteiger partial charge in [0.15, 0.2) is 0 Å². The van der Waals surface area contributed by atoms with Crippen LogP contribution in [0, 0.1) is 0 Å². The molecule has 33 heavy (non-hydrogen) atoms. The number of nitrogens with one attached hydrogen (secondary N) is 2. The number of pyridine rings is 1. The largest absolute Gasteiger partial charge is 0.329 e. The summed E-state index contributed by atoms with van der Waals surface area (Å²) in [6.07, 6.45) is 3.70. The van der Waals surface area contributed by atoms with E-state index in [1.54, 1.807) is 54.7 Å². The second kappa shape index (κ2) is 11.4. The van der Waals surface area contributed by atoms with E-state index in [0.29, 0.717) is 45.5 Å². The van der Waals surface area contributed by atoms with Gasteiger partial charge in [-0.15, -0.1) is 0 Å². The van der Waals surface area contributed by atoms with Gasteiger partial charge in [0.05, 0.1) is 16.3 Å². The second-order valence-electron chi connectivity index (χ2n) is 7.18. The lowest BCUT2D eigenvalue weighted by Crippen LogP contribution is -2.38. The van der Waals surface area contributed by atoms with Crippen LogP contribution in [0.3, 0.4) is 0 Å². The molecule has 0 saturated carbocycles. The predicted molar refractivity (Wildman–Crippen MR) is 130 cm³/mol. The first kappa shape index (κ1) is 24.2. The molecule has 3 aromatic rings. The van der Waals surface area contributed by atoms with Gasteiger partial charge in [0.2, 0.25) is 5.91 Å². The number of hydrogen-bond donors (Lipinski definition) is 2. The molecule has 0 aliphatic heterocycles. The van der Waals surface area contributed by atoms with Crippen LogP contribution in [-0.4, -0.2) is 40.7 Å². The van der Waals surface area contributed by atoms with Crippen LogP contribution in [0.2, 0.25) is 10.0 Å². The van der Waals surface area contributed by atoms with Gasteiger partial charge in [-0.3, -0.25) is 19.4 Å². The maximum atomic E-state index is 13.1. The third kappa shape index (κ3) is 6.78. The van der Waals surface area contributed by atoms with E-state index in [2.05, 4.69) is 15.6 Å². The van der Waals surface area contributed by atoms with E-state index >= 15 is 0 Å². The number of rotatable bonds is 8. The molecule has 0 saturated heterocycles. The van der Waals surface area contributed by atoms with Crippen molar-refractivity contribution in [3.63, 3.8) is 0 Å². The second-order valence-corrected chi connectivity index (χ2v) is 8.02. The van der Waals surface area contributed by atoms with E-state index < -0.39 is 0 Å². The van der Waals surface area contributed by atoms with E-state index in [9.17, 15) is 14.4 Å². The van der Waals surface area contributed by atoms with Crippen molar-refractivity contribution >= 4 is 52.3 Å². The summed E-state index contributed by atoms with van der Waals surface area (Å²) in [5, 5.41) is 6.22. The molecule has 0 aliphatic carbocycles. The smallest absolute Gasteiger partial charge is 0.257 e. The lowest BCUT2D eigenvalue weighted by Gasteiger charge is -2.22. The topological polar surface area (TPSA) is 91.4 Å². The summed E-state index contributed by atoms with van der Waals surface area (Å²) >= 11 is 12.0. The Morgan fingerprint density at radius 2 is 1.76 bits per heavy atom. The van der Waals surface area contributed by atoms with Crippen LogP contribution in [0.25, 0.3) is 0 Å². The number of benzene rings is 2. The van der Waals surface area contributed by atoms with E-state index in [1.165, 1.54) is 17.2 Å². The lowest BCUT2D eigenvalue weighted by atomic mass is 10.1. The average molecular weight is 485 g/mol. The molecule has 1 heterocycles. The van der Waals surface area contributed by atoms with Gasteiger partial charge in [0.25, 0.3) is 11.8 Å². The molecular formula is C24H22Cl2N4O3. The SMILES string of the molecule is CCCN(CC(=O)Nc1ccc(Cl)cc1Cl)C(=O)c1cccc(NC(=O)c2cccnc2)c1. The lowest BCUT2D eigenvalue weighted by molar-refractivity contribution is -0.116. The van der Waals surface area contributed by atoms with Crippen molar-refractivity contribution in [1.82, 2.24) is 9.88 Å². The fourth-order valence-electron chi connectivity index (χ4n) is 3.09. The van der Waals surface area contributed by atoms with Gasteiger partial charge < -0.3 is 15.5 Å². The van der Waals surface area contributed by atoms with Gasteiger partial charge in [-0.2, -0.15) is 0 Å². The highest BCUT2D eigenvalue weighted by Crippen LogP contribution is 2.25. The minimum atomic E-state index is -0.387. The Bertz CT molecular complexity index is 1160. The first-order valence-electron chi connectivity index (χ1n) is 10.2. The zero-order valence-corrected chi connectivity index (χ0v) is 19.4. The summed E-state index contributed by atoms with van der Waals surface area (Å²) in [4.78, 5) is 43.5. The predicted octanol–water partition coefficient (Wildman–Crippen LogP) is 5.13. The first-order chi connectivity index (χ1) is 15.9. The molecule has 7 nitrogen and oxygen atoms in total. The van der Waals surface area contributed by atoms with Gasteiger partial charge in [0, 0.05) is 35.2 Å². The molecule has 0 unspecified atom stereocenters. The number of carbonyl (C=O) groups excluding carboxylic acids is 3. The molecule has 1 aromatic heterocycles. The fourth-order valence-corrected chi connectivity index (χ4v) is 3.54. The van der Waals surface area contributed by atoms with Crippen molar-refractivity contribution in [3.05, 3.63) is 88.2 Å². The molecule has 2 aromatic carbocycles. The number of nitrogens with zero attached hydrogens (tertiary/aromatic N) is 2. The molecule has 0 atom stereocenters. The van der Waals surface area contributed by atoms with Crippen LogP contribution < -0.4 is 10.6 Å². The number of hydrogen-bond acceptors (Lipinski definition) is 4. The highest BCUT2D eigenvalue weighted by atomic mass is 35.5. The van der Waals surface area contributed by atoms with Crippen molar-refractivity contribution in [2.45, 2.75) is 13.3 Å². The molecule has 2 N–H and O–H groups in total. The number of carbonyl (C=O) groups is 3. The molecule has 0 fully saturated rings. The highest BCUT2D eigenvalue weighted by Gasteiger charge is 2.19. The highest BCUT2D eigenvalue weighted by molar-refractivity contribution is 6.36. The number of aromatic nitrogens is 1. The third-order valence-electron chi connectivity index (χ3n) is 4.61. The van der Waals surface area contributed by atoms with Crippen molar-refractivity contribution < 1.29 is 14.4 Å². The third-order valence-corrected chi connectivity index (χ3v) is 5.16. The van der Waals surface area contributed by atoms with Crippen molar-refractivity contribution in [1.29, 1.82) is 0 Å². The van der Waals surface area contributed by atoms with Crippen LogP contribution >= 0.6 is 23.2 Å². The van der Waals surface area contributed by atoms with Crippen LogP contribution in [0.15, 0.2) is 67.0 Å². The Kier molecular flexibility index (Phi) is 8.40. The average Bonchev–Trinajstić information content (AvgIpc) is 2.81. The molecule has 3 amide bonds. The van der Waals surface area contributed by atoms with Crippen LogP contribution in [0.4, 0.5) is 11.4 Å². The zero-order chi connectivity index (χ0) is 23.8. The summed E-state index contributed by atoms with van der Waals surface area (Å²) in [5.74, 6) is -1.05. The Morgan fingerprint density at radius 1 is 0.970 bits per heavy atom. The van der Waals surface area contributed by atoms with Gasteiger partial charge in [-0.1, -0.05) is 36.2 Å². The fraction of sp³-hybridized carbons (Fsp3) is 0.167. The first-order valence-corrected chi connectivity index (χ1v) is 11.0. The summed E-state index contributed by atoms with van der Waals surface area (Å²) in [6.45, 7) is 2.14.